The number of aliphatic hydroxyl groups excluding tert-OH is 5. The number of carbonyl (C=O) groups excluding carboxylic acids is 1. The molecule has 5 unspecified atom stereocenters. The van der Waals surface area contributed by atoms with Crippen molar-refractivity contribution in [3.05, 3.63) is 18.2 Å². The van der Waals surface area contributed by atoms with Crippen molar-refractivity contribution in [3.63, 3.8) is 0 Å². The molecule has 132 valence electrons. The number of hydrogen-bond donors (Lipinski definition) is 8. The Morgan fingerprint density at radius 1 is 1.30 bits per heavy atom. The highest BCUT2D eigenvalue weighted by Gasteiger charge is 2.29. The second-order valence-electron chi connectivity index (χ2n) is 4.58. The molecular formula is C12H21N3O8. The summed E-state index contributed by atoms with van der Waals surface area (Å²) in [5.41, 5.74) is 6.00. The summed E-state index contributed by atoms with van der Waals surface area (Å²) in [5, 5.41) is 52.0. The average molecular weight is 335 g/mol. The van der Waals surface area contributed by atoms with Gasteiger partial charge in [0.25, 0.3) is 0 Å². The van der Waals surface area contributed by atoms with Crippen molar-refractivity contribution in [1.82, 2.24) is 9.97 Å². The van der Waals surface area contributed by atoms with Gasteiger partial charge in [-0.25, -0.2) is 4.98 Å². The van der Waals surface area contributed by atoms with Crippen molar-refractivity contribution in [2.75, 3.05) is 6.61 Å². The molecule has 1 aromatic rings. The van der Waals surface area contributed by atoms with Crippen LogP contribution in [0, 0.1) is 0 Å². The van der Waals surface area contributed by atoms with Crippen LogP contribution in [0.2, 0.25) is 0 Å². The number of carboxylic acid groups (broad SMARTS) is 1. The van der Waals surface area contributed by atoms with Crippen LogP contribution < -0.4 is 5.73 Å². The highest BCUT2D eigenvalue weighted by atomic mass is 16.4. The summed E-state index contributed by atoms with van der Waals surface area (Å²) in [6.45, 7) is -0.760. The summed E-state index contributed by atoms with van der Waals surface area (Å²) in [6, 6.07) is -0.851. The van der Waals surface area contributed by atoms with Crippen LogP contribution in [0.1, 0.15) is 5.69 Å². The molecule has 0 aliphatic carbocycles. The number of H-pyrrole nitrogens is 1. The van der Waals surface area contributed by atoms with Crippen molar-refractivity contribution in [1.29, 1.82) is 0 Å². The Kier molecular flexibility index (Phi) is 9.89. The van der Waals surface area contributed by atoms with Gasteiger partial charge in [-0.2, -0.15) is 0 Å². The molecule has 0 saturated carbocycles. The Morgan fingerprint density at radius 2 is 1.91 bits per heavy atom. The summed E-state index contributed by atoms with van der Waals surface area (Å²) >= 11 is 0. The van der Waals surface area contributed by atoms with Gasteiger partial charge in [-0.15, -0.1) is 0 Å². The zero-order chi connectivity index (χ0) is 18.0. The molecule has 11 heteroatoms. The molecule has 0 aliphatic heterocycles. The molecule has 0 spiro atoms. The minimum Gasteiger partial charge on any atom is -0.480 e. The fraction of sp³-hybridized carbons (Fsp3) is 0.583. The normalized spacial score (nSPS) is 17.1. The van der Waals surface area contributed by atoms with Crippen LogP contribution in [0.15, 0.2) is 12.5 Å². The first kappa shape index (κ1) is 21.1. The van der Waals surface area contributed by atoms with Gasteiger partial charge in [-0.05, 0) is 0 Å². The van der Waals surface area contributed by atoms with E-state index in [4.69, 9.17) is 36.4 Å². The zero-order valence-corrected chi connectivity index (χ0v) is 12.1. The molecule has 0 bridgehead atoms. The van der Waals surface area contributed by atoms with Crippen LogP contribution in [-0.4, -0.2) is 89.9 Å². The Hall–Kier alpha value is -1.89. The van der Waals surface area contributed by atoms with Gasteiger partial charge in [-0.3, -0.25) is 4.79 Å². The third-order valence-electron chi connectivity index (χ3n) is 2.73. The van der Waals surface area contributed by atoms with Gasteiger partial charge in [0.1, 0.15) is 30.5 Å². The van der Waals surface area contributed by atoms with Crippen molar-refractivity contribution in [3.8, 4) is 0 Å². The Balaban J connectivity index is 0.000000422. The maximum Gasteiger partial charge on any atom is 0.320 e. The van der Waals surface area contributed by atoms with Crippen molar-refractivity contribution < 1.29 is 40.2 Å². The number of nitrogens with one attached hydrogen (secondary N) is 1. The molecule has 0 aliphatic rings. The average Bonchev–Trinajstić information content (AvgIpc) is 3.05. The van der Waals surface area contributed by atoms with E-state index in [0.29, 0.717) is 0 Å². The number of aliphatic hydroxyl groups is 5. The molecule has 5 atom stereocenters. The Bertz CT molecular complexity index is 455. The van der Waals surface area contributed by atoms with Crippen LogP contribution >= 0.6 is 0 Å². The molecule has 1 rings (SSSR count). The van der Waals surface area contributed by atoms with E-state index in [9.17, 15) is 9.59 Å². The number of imidazole rings is 1. The number of carbonyl (C=O) groups is 2. The minimum absolute atomic E-state index is 0.0258. The van der Waals surface area contributed by atoms with Crippen LogP contribution in [-0.2, 0) is 16.0 Å². The lowest BCUT2D eigenvalue weighted by atomic mass is 10.0. The molecule has 9 N–H and O–H groups in total. The van der Waals surface area contributed by atoms with E-state index in [1.807, 2.05) is 0 Å². The summed E-state index contributed by atoms with van der Waals surface area (Å²) in [5.74, 6) is -1.00. The van der Waals surface area contributed by atoms with Gasteiger partial charge in [0.2, 0.25) is 0 Å². The third-order valence-corrected chi connectivity index (χ3v) is 2.73. The van der Waals surface area contributed by atoms with E-state index in [1.165, 1.54) is 6.33 Å². The van der Waals surface area contributed by atoms with Gasteiger partial charge in [0, 0.05) is 18.3 Å². The lowest BCUT2D eigenvalue weighted by Crippen LogP contribution is -2.46. The Labute approximate surface area is 131 Å². The summed E-state index contributed by atoms with van der Waals surface area (Å²) in [4.78, 5) is 26.7. The number of rotatable bonds is 8. The maximum absolute atomic E-state index is 10.3. The quantitative estimate of drug-likeness (QED) is 0.216. The maximum atomic E-state index is 10.3. The molecule has 11 nitrogen and oxygen atoms in total. The van der Waals surface area contributed by atoms with E-state index in [0.717, 1.165) is 5.69 Å². The highest BCUT2D eigenvalue weighted by Crippen LogP contribution is 2.03. The Morgan fingerprint density at radius 3 is 2.30 bits per heavy atom. The molecule has 0 amide bonds. The molecule has 0 saturated heterocycles. The van der Waals surface area contributed by atoms with Crippen molar-refractivity contribution in [2.24, 2.45) is 5.73 Å². The largest absolute Gasteiger partial charge is 0.480 e. The molecule has 0 fully saturated rings. The molecule has 23 heavy (non-hydrogen) atoms. The van der Waals surface area contributed by atoms with Crippen molar-refractivity contribution in [2.45, 2.75) is 36.9 Å². The standard InChI is InChI=1S/C6H9N3O2.C6H12O6/c7-5(6(10)11)1-4-2-8-3-9-4;7-1-3(9)5(11)6(12)4(10)2-8/h2-3,5H,1,7H2,(H,8,9)(H,10,11);1,3-6,8-12H,2H2. The first-order valence-corrected chi connectivity index (χ1v) is 6.48. The second-order valence-corrected chi connectivity index (χ2v) is 4.58. The molecule has 1 aromatic heterocycles. The van der Waals surface area contributed by atoms with Crippen LogP contribution in [0.4, 0.5) is 0 Å². The topological polar surface area (TPSA) is 210 Å². The number of nitrogens with zero attached hydrogens (tertiary/aromatic N) is 1. The predicted molar refractivity (Wildman–Crippen MR) is 75.1 cm³/mol. The van der Waals surface area contributed by atoms with Gasteiger partial charge < -0.3 is 46.2 Å². The second kappa shape index (κ2) is 10.8. The first-order chi connectivity index (χ1) is 10.7. The fourth-order valence-electron chi connectivity index (χ4n) is 1.34. The molecule has 0 aromatic carbocycles. The van der Waals surface area contributed by atoms with E-state index >= 15 is 0 Å². The van der Waals surface area contributed by atoms with E-state index in [2.05, 4.69) is 9.97 Å². The minimum atomic E-state index is -1.79. The van der Waals surface area contributed by atoms with Gasteiger partial charge >= 0.3 is 5.97 Å². The van der Waals surface area contributed by atoms with E-state index < -0.39 is 43.0 Å². The van der Waals surface area contributed by atoms with Gasteiger partial charge in [-0.1, -0.05) is 0 Å². The molecule has 1 heterocycles. The summed E-state index contributed by atoms with van der Waals surface area (Å²) < 4.78 is 0. The number of carboxylic acids is 1. The van der Waals surface area contributed by atoms with Gasteiger partial charge in [0.05, 0.1) is 12.9 Å². The number of aldehydes is 1. The molecule has 0 radical (unpaired) electrons. The first-order valence-electron chi connectivity index (χ1n) is 6.48. The smallest absolute Gasteiger partial charge is 0.320 e. The number of aliphatic carboxylic acids is 1. The van der Waals surface area contributed by atoms with Crippen LogP contribution in [0.25, 0.3) is 0 Å². The van der Waals surface area contributed by atoms with Crippen LogP contribution in [0.5, 0.6) is 0 Å². The monoisotopic (exact) mass is 335 g/mol. The SMILES string of the molecule is NC(Cc1cnc[nH]1)C(=O)O.O=CC(O)C(O)C(O)C(O)CO. The number of hydrogen-bond acceptors (Lipinski definition) is 9. The highest BCUT2D eigenvalue weighted by molar-refractivity contribution is 5.73. The lowest BCUT2D eigenvalue weighted by molar-refractivity contribution is -0.138. The molecular weight excluding hydrogens is 314 g/mol. The summed E-state index contributed by atoms with van der Waals surface area (Å²) in [6.07, 6.45) is -3.50. The number of nitrogens with two attached hydrogens (primary N) is 1. The van der Waals surface area contributed by atoms with E-state index in [1.54, 1.807) is 6.20 Å². The fourth-order valence-corrected chi connectivity index (χ4v) is 1.34. The van der Waals surface area contributed by atoms with E-state index in [-0.39, 0.29) is 12.7 Å². The van der Waals surface area contributed by atoms with Gasteiger partial charge in [0.15, 0.2) is 6.29 Å². The zero-order valence-electron chi connectivity index (χ0n) is 12.1. The number of aromatic nitrogens is 2. The third kappa shape index (κ3) is 7.78. The lowest BCUT2D eigenvalue weighted by Gasteiger charge is -2.22. The number of aromatic amines is 1. The predicted octanol–water partition coefficient (Wildman–Crippen LogP) is -4.01. The van der Waals surface area contributed by atoms with Crippen molar-refractivity contribution >= 4 is 12.3 Å². The summed E-state index contributed by atoms with van der Waals surface area (Å²) in [7, 11) is 0. The van der Waals surface area contributed by atoms with Crippen LogP contribution in [0.3, 0.4) is 0 Å².